The van der Waals surface area contributed by atoms with Crippen LogP contribution in [0.15, 0.2) is 137 Å². The number of carbonyl (C=O) groups excluding carboxylic acids is 1. The highest BCUT2D eigenvalue weighted by Crippen LogP contribution is 2.46. The van der Waals surface area contributed by atoms with Crippen molar-refractivity contribution < 1.29 is 22.4 Å². The third kappa shape index (κ3) is 12.6. The van der Waals surface area contributed by atoms with E-state index in [1.807, 2.05) is 42.5 Å². The van der Waals surface area contributed by atoms with E-state index in [2.05, 4.69) is 102 Å². The van der Waals surface area contributed by atoms with Crippen LogP contribution in [-0.4, -0.2) is 85.3 Å². The van der Waals surface area contributed by atoms with Gasteiger partial charge < -0.3 is 19.4 Å². The summed E-state index contributed by atoms with van der Waals surface area (Å²) < 4.78 is 42.1. The smallest absolute Gasteiger partial charge is 0.264 e. The Morgan fingerprint density at radius 3 is 2.14 bits per heavy atom. The molecule has 5 aromatic rings. The molecule has 2 heterocycles. The van der Waals surface area contributed by atoms with Gasteiger partial charge in [0.15, 0.2) is 8.32 Å². The van der Waals surface area contributed by atoms with Crippen LogP contribution in [0.1, 0.15) is 62.1 Å². The SMILES string of the molecule is CC(C)(C)[Si](C)(C)O[C@@H](c1ccccc1-c1ccc(Cl)cc1)C1CCN(c2ccc(C(=O)NS(=O)(=O)c3ccc(N[C@H](CCN4CCOCC4)CSc4ccccc4)cc3)cc2)CC1. The van der Waals surface area contributed by atoms with Crippen molar-refractivity contribution in [3.05, 3.63) is 144 Å². The predicted molar refractivity (Wildman–Crippen MR) is 267 cm³/mol. The summed E-state index contributed by atoms with van der Waals surface area (Å²) in [5.41, 5.74) is 5.60. The van der Waals surface area contributed by atoms with Gasteiger partial charge in [0.2, 0.25) is 0 Å². The highest BCUT2D eigenvalue weighted by atomic mass is 35.5. The van der Waals surface area contributed by atoms with Crippen LogP contribution in [0, 0.1) is 5.92 Å². The fourth-order valence-electron chi connectivity index (χ4n) is 8.11. The number of anilines is 2. The first-order valence-electron chi connectivity index (χ1n) is 22.4. The summed E-state index contributed by atoms with van der Waals surface area (Å²) in [5.74, 6) is 0.493. The largest absolute Gasteiger partial charge is 0.410 e. The molecule has 2 aliphatic rings. The van der Waals surface area contributed by atoms with E-state index in [0.717, 1.165) is 87.9 Å². The van der Waals surface area contributed by atoms with E-state index < -0.39 is 24.2 Å². The van der Waals surface area contributed by atoms with Gasteiger partial charge >= 0.3 is 0 Å². The minimum atomic E-state index is -4.11. The summed E-state index contributed by atoms with van der Waals surface area (Å²) in [6.07, 6.45) is 2.73. The van der Waals surface area contributed by atoms with Gasteiger partial charge in [-0.15, -0.1) is 11.8 Å². The zero-order valence-corrected chi connectivity index (χ0v) is 41.2. The Balaban J connectivity index is 0.968. The van der Waals surface area contributed by atoms with Crippen molar-refractivity contribution in [2.75, 3.05) is 61.9 Å². The number of thioether (sulfide) groups is 1. The molecule has 2 saturated heterocycles. The number of nitrogens with one attached hydrogen (secondary N) is 2. The molecule has 2 fully saturated rings. The monoisotopic (exact) mass is 938 g/mol. The van der Waals surface area contributed by atoms with Crippen molar-refractivity contribution >= 4 is 59.0 Å². The molecule has 2 aliphatic heterocycles. The Hall–Kier alpha value is -4.14. The first-order chi connectivity index (χ1) is 30.6. The van der Waals surface area contributed by atoms with Crippen molar-refractivity contribution in [3.63, 3.8) is 0 Å². The quantitative estimate of drug-likeness (QED) is 0.0697. The summed E-state index contributed by atoms with van der Waals surface area (Å²) in [6, 6.07) is 41.0. The molecule has 9 nitrogen and oxygen atoms in total. The van der Waals surface area contributed by atoms with Gasteiger partial charge in [-0.3, -0.25) is 9.69 Å². The second kappa shape index (κ2) is 21.4. The fourth-order valence-corrected chi connectivity index (χ4v) is 11.5. The molecule has 1 amide bonds. The van der Waals surface area contributed by atoms with E-state index in [0.29, 0.717) is 10.9 Å². The lowest BCUT2D eigenvalue weighted by Crippen LogP contribution is -2.45. The normalized spacial score (nSPS) is 16.6. The maximum absolute atomic E-state index is 13.5. The Bertz CT molecular complexity index is 2390. The van der Waals surface area contributed by atoms with Crippen LogP contribution in [0.25, 0.3) is 11.1 Å². The minimum absolute atomic E-state index is 0.0287. The van der Waals surface area contributed by atoms with Gasteiger partial charge in [-0.1, -0.05) is 87.0 Å². The first-order valence-corrected chi connectivity index (χ1v) is 28.2. The Labute approximate surface area is 391 Å². The highest BCUT2D eigenvalue weighted by Gasteiger charge is 2.42. The number of ether oxygens (including phenoxy) is 1. The average molecular weight is 940 g/mol. The van der Waals surface area contributed by atoms with Gasteiger partial charge in [-0.25, -0.2) is 13.1 Å². The molecule has 340 valence electrons. The number of carbonyl (C=O) groups is 1. The molecule has 0 unspecified atom stereocenters. The van der Waals surface area contributed by atoms with Gasteiger partial charge in [-0.05, 0) is 133 Å². The molecular weight excluding hydrogens is 876 g/mol. The maximum Gasteiger partial charge on any atom is 0.264 e. The molecule has 0 radical (unpaired) electrons. The third-order valence-corrected chi connectivity index (χ3v) is 20.2. The van der Waals surface area contributed by atoms with E-state index in [1.54, 1.807) is 48.2 Å². The van der Waals surface area contributed by atoms with Crippen molar-refractivity contribution in [2.45, 2.75) is 80.1 Å². The Morgan fingerprint density at radius 2 is 1.48 bits per heavy atom. The van der Waals surface area contributed by atoms with E-state index in [-0.39, 0.29) is 27.6 Å². The first kappa shape index (κ1) is 47.8. The zero-order chi connectivity index (χ0) is 45.3. The number of halogens is 1. The van der Waals surface area contributed by atoms with Crippen LogP contribution in [0.3, 0.4) is 0 Å². The summed E-state index contributed by atoms with van der Waals surface area (Å²) in [4.78, 5) is 19.4. The van der Waals surface area contributed by atoms with E-state index in [1.165, 1.54) is 16.0 Å². The molecule has 2 atom stereocenters. The number of morpholine rings is 1. The summed E-state index contributed by atoms with van der Waals surface area (Å²) in [5, 5.41) is 4.39. The van der Waals surface area contributed by atoms with Crippen molar-refractivity contribution in [3.8, 4) is 11.1 Å². The predicted octanol–water partition coefficient (Wildman–Crippen LogP) is 11.4. The third-order valence-electron chi connectivity index (χ3n) is 13.0. The van der Waals surface area contributed by atoms with Gasteiger partial charge in [0.1, 0.15) is 0 Å². The number of rotatable bonds is 17. The van der Waals surface area contributed by atoms with Crippen molar-refractivity contribution in [2.24, 2.45) is 5.92 Å². The molecule has 64 heavy (non-hydrogen) atoms. The number of amides is 1. The molecule has 0 spiro atoms. The molecular formula is C51H63ClN4O5S2Si. The highest BCUT2D eigenvalue weighted by molar-refractivity contribution is 7.99. The van der Waals surface area contributed by atoms with Gasteiger partial charge in [0.25, 0.3) is 15.9 Å². The average Bonchev–Trinajstić information content (AvgIpc) is 3.30. The number of hydrogen-bond donors (Lipinski definition) is 2. The topological polar surface area (TPSA) is 100 Å². The maximum atomic E-state index is 13.5. The number of piperidine rings is 1. The van der Waals surface area contributed by atoms with Gasteiger partial charge in [0, 0.05) is 71.4 Å². The Kier molecular flexibility index (Phi) is 16.0. The number of sulfonamides is 1. The second-order valence-corrected chi connectivity index (χ2v) is 26.4. The van der Waals surface area contributed by atoms with E-state index >= 15 is 0 Å². The number of benzene rings is 5. The van der Waals surface area contributed by atoms with Crippen molar-refractivity contribution in [1.82, 2.24) is 9.62 Å². The van der Waals surface area contributed by atoms with Crippen LogP contribution in [0.2, 0.25) is 23.2 Å². The van der Waals surface area contributed by atoms with Crippen LogP contribution in [0.5, 0.6) is 0 Å². The lowest BCUT2D eigenvalue weighted by molar-refractivity contribution is 0.0370. The molecule has 7 rings (SSSR count). The summed E-state index contributed by atoms with van der Waals surface area (Å²) in [6.45, 7) is 17.5. The zero-order valence-electron chi connectivity index (χ0n) is 37.8. The summed E-state index contributed by atoms with van der Waals surface area (Å²) >= 11 is 8.08. The lowest BCUT2D eigenvalue weighted by atomic mass is 9.84. The van der Waals surface area contributed by atoms with Crippen molar-refractivity contribution in [1.29, 1.82) is 0 Å². The standard InChI is InChI=1S/C51H63ClN4O5S2Si/c1-51(2,3)64(4,5)61-49(48-14-10-9-13-47(48)38-15-19-41(52)20-16-38)39-27-31-56(32-28-39)44-23-17-40(18-24-44)50(57)54-63(58,59)46-25-21-42(22-26-46)53-43(29-30-55-33-35-60-36-34-55)37-62-45-11-7-6-8-12-45/h6-26,39,43,49,53H,27-37H2,1-5H3,(H,54,57)/t43-,49-/m1/s1. The molecule has 5 aromatic carbocycles. The molecule has 2 N–H and O–H groups in total. The molecule has 13 heteroatoms. The molecule has 0 bridgehead atoms. The fraction of sp³-hybridized carbons (Fsp3) is 0.392. The van der Waals surface area contributed by atoms with Gasteiger partial charge in [0.05, 0.1) is 24.2 Å². The van der Waals surface area contributed by atoms with Crippen LogP contribution in [-0.2, 0) is 19.2 Å². The molecule has 0 saturated carbocycles. The van der Waals surface area contributed by atoms with E-state index in [4.69, 9.17) is 20.8 Å². The van der Waals surface area contributed by atoms with Gasteiger partial charge in [-0.2, -0.15) is 0 Å². The lowest BCUT2D eigenvalue weighted by Gasteiger charge is -2.44. The Morgan fingerprint density at radius 1 is 0.844 bits per heavy atom. The second-order valence-electron chi connectivity index (χ2n) is 18.4. The van der Waals surface area contributed by atoms with E-state index in [9.17, 15) is 13.2 Å². The minimum Gasteiger partial charge on any atom is -0.410 e. The molecule has 0 aliphatic carbocycles. The molecule has 0 aromatic heterocycles. The summed E-state index contributed by atoms with van der Waals surface area (Å²) in [7, 11) is -6.27. The van der Waals surface area contributed by atoms with Crippen LogP contribution >= 0.6 is 23.4 Å². The van der Waals surface area contributed by atoms with Crippen LogP contribution in [0.4, 0.5) is 11.4 Å². The number of hydrogen-bond acceptors (Lipinski definition) is 9. The number of nitrogens with zero attached hydrogens (tertiary/aromatic N) is 2. The van der Waals surface area contributed by atoms with Crippen LogP contribution < -0.4 is 14.9 Å².